The molecule has 1 aliphatic heterocycles. The van der Waals surface area contributed by atoms with Crippen LogP contribution < -0.4 is 10.6 Å². The van der Waals surface area contributed by atoms with Crippen LogP contribution in [0.1, 0.15) is 42.6 Å². The van der Waals surface area contributed by atoms with Crippen LogP contribution in [0.4, 0.5) is 4.79 Å². The van der Waals surface area contributed by atoms with E-state index in [1.807, 2.05) is 26.0 Å². The van der Waals surface area contributed by atoms with Crippen molar-refractivity contribution in [1.29, 1.82) is 0 Å². The van der Waals surface area contributed by atoms with E-state index in [0.717, 1.165) is 16.2 Å². The number of likely N-dealkylation sites (N-methyl/N-ethyl adjacent to an activating group) is 1. The topological polar surface area (TPSA) is 104 Å². The van der Waals surface area contributed by atoms with Gasteiger partial charge >= 0.3 is 6.03 Å². The van der Waals surface area contributed by atoms with Gasteiger partial charge in [-0.25, -0.2) is 9.69 Å². The lowest BCUT2D eigenvalue weighted by Gasteiger charge is -2.49. The molecule has 0 radical (unpaired) electrons. The van der Waals surface area contributed by atoms with Crippen LogP contribution in [0.15, 0.2) is 42.9 Å². The van der Waals surface area contributed by atoms with Crippen LogP contribution in [-0.2, 0) is 15.1 Å². The highest BCUT2D eigenvalue weighted by atomic mass is 16.2. The maximum atomic E-state index is 13.0. The molecule has 1 fully saturated rings. The molecule has 146 valence electrons. The summed E-state index contributed by atoms with van der Waals surface area (Å²) in [5, 5.41) is 5.44. The number of hydrogen-bond acceptors (Lipinski definition) is 5. The Balaban J connectivity index is 1.91. The van der Waals surface area contributed by atoms with Crippen molar-refractivity contribution in [2.45, 2.75) is 38.3 Å². The van der Waals surface area contributed by atoms with Crippen LogP contribution in [0.3, 0.4) is 0 Å². The molecule has 2 aromatic rings. The molecule has 1 aliphatic rings. The minimum absolute atomic E-state index is 0.0764. The third-order valence-electron chi connectivity index (χ3n) is 5.04. The number of hydrogen-bond donors (Lipinski definition) is 2. The summed E-state index contributed by atoms with van der Waals surface area (Å²) in [4.78, 5) is 47.4. The summed E-state index contributed by atoms with van der Waals surface area (Å²) in [5.41, 5.74) is 0.882. The molecule has 0 bridgehead atoms. The number of pyridine rings is 2. The van der Waals surface area contributed by atoms with Crippen molar-refractivity contribution in [2.24, 2.45) is 0 Å². The number of carbonyl (C=O) groups is 3. The van der Waals surface area contributed by atoms with E-state index in [2.05, 4.69) is 20.6 Å². The molecule has 0 aliphatic carbocycles. The highest BCUT2D eigenvalue weighted by Gasteiger charge is 2.60. The number of amides is 4. The van der Waals surface area contributed by atoms with E-state index >= 15 is 0 Å². The zero-order chi connectivity index (χ0) is 20.3. The second-order valence-corrected chi connectivity index (χ2v) is 6.72. The molecular formula is C20H23N5O3. The Kier molecular flexibility index (Phi) is 5.39. The van der Waals surface area contributed by atoms with Crippen LogP contribution >= 0.6 is 0 Å². The first-order chi connectivity index (χ1) is 13.4. The van der Waals surface area contributed by atoms with E-state index in [1.54, 1.807) is 18.3 Å². The lowest BCUT2D eigenvalue weighted by molar-refractivity contribution is -0.160. The number of β-lactam (4-membered cyclic amide) rings is 1. The average Bonchev–Trinajstić information content (AvgIpc) is 2.70. The van der Waals surface area contributed by atoms with Crippen LogP contribution in [0, 0.1) is 6.92 Å². The maximum Gasteiger partial charge on any atom is 0.325 e. The number of aromatic nitrogens is 2. The first-order valence-corrected chi connectivity index (χ1v) is 9.12. The summed E-state index contributed by atoms with van der Waals surface area (Å²) in [5.74, 6) is -0.826. The van der Waals surface area contributed by atoms with Gasteiger partial charge in [-0.1, -0.05) is 13.0 Å². The van der Waals surface area contributed by atoms with Gasteiger partial charge < -0.3 is 10.6 Å². The molecule has 0 aromatic carbocycles. The molecular weight excluding hydrogens is 358 g/mol. The van der Waals surface area contributed by atoms with Crippen molar-refractivity contribution in [2.75, 3.05) is 7.05 Å². The Bertz CT molecular complexity index is 884. The van der Waals surface area contributed by atoms with Crippen molar-refractivity contribution in [3.63, 3.8) is 0 Å². The molecule has 1 saturated heterocycles. The summed E-state index contributed by atoms with van der Waals surface area (Å²) in [6.45, 7) is 3.81. The van der Waals surface area contributed by atoms with Crippen LogP contribution in [-0.4, -0.2) is 39.8 Å². The lowest BCUT2D eigenvalue weighted by atomic mass is 9.77. The number of nitrogens with zero attached hydrogens (tertiary/aromatic N) is 3. The van der Waals surface area contributed by atoms with Gasteiger partial charge in [0.05, 0.1) is 12.5 Å². The fraction of sp³-hybridized carbons (Fsp3) is 0.350. The van der Waals surface area contributed by atoms with E-state index in [1.165, 1.54) is 19.4 Å². The van der Waals surface area contributed by atoms with Crippen LogP contribution in [0.2, 0.25) is 0 Å². The summed E-state index contributed by atoms with van der Waals surface area (Å²) >= 11 is 0. The van der Waals surface area contributed by atoms with Gasteiger partial charge in [0.2, 0.25) is 5.91 Å². The third-order valence-corrected chi connectivity index (χ3v) is 5.04. The van der Waals surface area contributed by atoms with E-state index in [9.17, 15) is 14.4 Å². The second-order valence-electron chi connectivity index (χ2n) is 6.72. The van der Waals surface area contributed by atoms with Crippen LogP contribution in [0.5, 0.6) is 0 Å². The SMILES string of the molecule is CC[C@@H](NC(=O)N1C(=O)CC1(C(=O)NC)c1ccncc1)c1ccc(C)nc1. The Morgan fingerprint density at radius 2 is 1.96 bits per heavy atom. The molecule has 3 rings (SSSR count). The van der Waals surface area contributed by atoms with Gasteiger partial charge in [-0.05, 0) is 42.7 Å². The highest BCUT2D eigenvalue weighted by molar-refractivity contribution is 6.10. The number of aryl methyl sites for hydroxylation is 1. The number of imide groups is 1. The molecule has 4 amide bonds. The summed E-state index contributed by atoms with van der Waals surface area (Å²) in [6, 6.07) is 6.11. The molecule has 8 heteroatoms. The second kappa shape index (κ2) is 7.75. The van der Waals surface area contributed by atoms with Crippen molar-refractivity contribution < 1.29 is 14.4 Å². The molecule has 1 unspecified atom stereocenters. The smallest absolute Gasteiger partial charge is 0.325 e. The molecule has 3 heterocycles. The Morgan fingerprint density at radius 1 is 1.25 bits per heavy atom. The Hall–Kier alpha value is -3.29. The number of nitrogens with one attached hydrogen (secondary N) is 2. The lowest BCUT2D eigenvalue weighted by Crippen LogP contribution is -2.71. The fourth-order valence-electron chi connectivity index (χ4n) is 3.48. The number of rotatable bonds is 5. The van der Waals surface area contributed by atoms with Crippen molar-refractivity contribution in [3.05, 3.63) is 59.7 Å². The minimum atomic E-state index is -1.37. The van der Waals surface area contributed by atoms with Gasteiger partial charge in [-0.2, -0.15) is 0 Å². The van der Waals surface area contributed by atoms with E-state index < -0.39 is 23.4 Å². The van der Waals surface area contributed by atoms with E-state index in [4.69, 9.17) is 0 Å². The minimum Gasteiger partial charge on any atom is -0.357 e. The fourth-order valence-corrected chi connectivity index (χ4v) is 3.48. The number of carbonyl (C=O) groups excluding carboxylic acids is 3. The van der Waals surface area contributed by atoms with Crippen LogP contribution in [0.25, 0.3) is 0 Å². The molecule has 8 nitrogen and oxygen atoms in total. The molecule has 2 aromatic heterocycles. The third kappa shape index (κ3) is 3.21. The zero-order valence-electron chi connectivity index (χ0n) is 16.1. The first-order valence-electron chi connectivity index (χ1n) is 9.12. The molecule has 0 spiro atoms. The maximum absolute atomic E-state index is 13.0. The highest BCUT2D eigenvalue weighted by Crippen LogP contribution is 2.42. The van der Waals surface area contributed by atoms with Gasteiger partial charge in [0.25, 0.3) is 5.91 Å². The molecule has 28 heavy (non-hydrogen) atoms. The number of urea groups is 1. The normalized spacial score (nSPS) is 19.5. The predicted octanol–water partition coefficient (Wildman–Crippen LogP) is 1.82. The Labute approximate surface area is 163 Å². The standard InChI is InChI=1S/C20H23N5O3/c1-4-16(14-6-5-13(2)23-12-14)24-19(28)25-17(26)11-20(25,18(27)21-3)15-7-9-22-10-8-15/h5-10,12,16H,4,11H2,1-3H3,(H,21,27)(H,24,28)/t16-,20?/m1/s1. The summed E-state index contributed by atoms with van der Waals surface area (Å²) in [7, 11) is 1.48. The van der Waals surface area contributed by atoms with Crippen molar-refractivity contribution in [1.82, 2.24) is 25.5 Å². The average molecular weight is 381 g/mol. The monoisotopic (exact) mass is 381 g/mol. The van der Waals surface area contributed by atoms with Gasteiger partial charge in [0, 0.05) is 31.3 Å². The quantitative estimate of drug-likeness (QED) is 0.769. The zero-order valence-corrected chi connectivity index (χ0v) is 16.1. The van der Waals surface area contributed by atoms with E-state index in [0.29, 0.717) is 12.0 Å². The van der Waals surface area contributed by atoms with Gasteiger partial charge in [-0.3, -0.25) is 19.6 Å². The van der Waals surface area contributed by atoms with Gasteiger partial charge in [0.1, 0.15) is 0 Å². The van der Waals surface area contributed by atoms with Crippen molar-refractivity contribution >= 4 is 17.8 Å². The van der Waals surface area contributed by atoms with Crippen molar-refractivity contribution in [3.8, 4) is 0 Å². The summed E-state index contributed by atoms with van der Waals surface area (Å²) in [6.07, 6.45) is 5.31. The first kappa shape index (κ1) is 19.5. The summed E-state index contributed by atoms with van der Waals surface area (Å²) < 4.78 is 0. The van der Waals surface area contributed by atoms with Gasteiger partial charge in [0.15, 0.2) is 5.54 Å². The van der Waals surface area contributed by atoms with Gasteiger partial charge in [-0.15, -0.1) is 0 Å². The molecule has 2 atom stereocenters. The predicted molar refractivity (Wildman–Crippen MR) is 102 cm³/mol. The largest absolute Gasteiger partial charge is 0.357 e. The Morgan fingerprint density at radius 3 is 2.50 bits per heavy atom. The molecule has 0 saturated carbocycles. The van der Waals surface area contributed by atoms with E-state index in [-0.39, 0.29) is 12.5 Å². The molecule has 2 N–H and O–H groups in total. The number of likely N-dealkylation sites (tertiary alicyclic amines) is 1.